The van der Waals surface area contributed by atoms with Crippen LogP contribution in [-0.4, -0.2) is 30.0 Å². The minimum absolute atomic E-state index is 0.199. The van der Waals surface area contributed by atoms with Gasteiger partial charge in [0.25, 0.3) is 11.8 Å². The summed E-state index contributed by atoms with van der Waals surface area (Å²) in [7, 11) is 0. The number of nitrogens with zero attached hydrogens (tertiary/aromatic N) is 1. The molecule has 0 spiro atoms. The Morgan fingerprint density at radius 1 is 1.30 bits per heavy atom. The quantitative estimate of drug-likeness (QED) is 0.565. The predicted octanol–water partition coefficient (Wildman–Crippen LogP) is 1.31. The minimum Gasteiger partial charge on any atom is -0.619 e. The van der Waals surface area contributed by atoms with Crippen LogP contribution in [0.3, 0.4) is 0 Å². The first-order valence-electron chi connectivity index (χ1n) is 8.60. The van der Waals surface area contributed by atoms with E-state index in [1.165, 1.54) is 48.8 Å². The molecule has 1 atom stereocenters. The van der Waals surface area contributed by atoms with E-state index < -0.39 is 11.5 Å². The predicted molar refractivity (Wildman–Crippen MR) is 94.3 cm³/mol. The van der Waals surface area contributed by atoms with Crippen LogP contribution in [0.2, 0.25) is 0 Å². The number of hydrogen-bond acceptors (Lipinski definition) is 4. The SMILES string of the molecule is C[C@@H](CNC(=O)c1ccc[n+]([O-])c1)NC(=O)C1(Oc2ccc(F)cc2)CC1. The Labute approximate surface area is 155 Å². The second-order valence-electron chi connectivity index (χ2n) is 6.59. The number of carbonyl (C=O) groups is 2. The Kier molecular flexibility index (Phi) is 5.25. The zero-order chi connectivity index (χ0) is 19.4. The molecular weight excluding hydrogens is 353 g/mol. The number of nitrogens with one attached hydrogen (secondary N) is 2. The van der Waals surface area contributed by atoms with Crippen LogP contribution >= 0.6 is 0 Å². The second-order valence-corrected chi connectivity index (χ2v) is 6.59. The molecule has 0 radical (unpaired) electrons. The fourth-order valence-electron chi connectivity index (χ4n) is 2.56. The largest absolute Gasteiger partial charge is 0.619 e. The van der Waals surface area contributed by atoms with Crippen molar-refractivity contribution in [2.45, 2.75) is 31.4 Å². The molecule has 1 heterocycles. The molecule has 0 aliphatic heterocycles. The van der Waals surface area contributed by atoms with E-state index in [1.807, 2.05) is 0 Å². The first-order valence-corrected chi connectivity index (χ1v) is 8.60. The Hall–Kier alpha value is -3.16. The van der Waals surface area contributed by atoms with Gasteiger partial charge in [0.15, 0.2) is 18.0 Å². The van der Waals surface area contributed by atoms with E-state index in [0.717, 1.165) is 0 Å². The third kappa shape index (κ3) is 4.72. The van der Waals surface area contributed by atoms with Crippen molar-refractivity contribution in [2.75, 3.05) is 6.54 Å². The molecule has 1 aliphatic carbocycles. The van der Waals surface area contributed by atoms with Crippen LogP contribution in [0.15, 0.2) is 48.8 Å². The average Bonchev–Trinajstić information content (AvgIpc) is 3.42. The molecule has 2 aromatic rings. The van der Waals surface area contributed by atoms with Gasteiger partial charge in [-0.25, -0.2) is 4.39 Å². The molecule has 1 aromatic heterocycles. The van der Waals surface area contributed by atoms with E-state index in [9.17, 15) is 19.2 Å². The van der Waals surface area contributed by atoms with E-state index in [-0.39, 0.29) is 29.9 Å². The highest BCUT2D eigenvalue weighted by Crippen LogP contribution is 2.40. The van der Waals surface area contributed by atoms with Crippen LogP contribution in [0.1, 0.15) is 30.1 Å². The van der Waals surface area contributed by atoms with Crippen molar-refractivity contribution in [3.8, 4) is 5.75 Å². The second kappa shape index (κ2) is 7.61. The van der Waals surface area contributed by atoms with Crippen LogP contribution in [0.4, 0.5) is 4.39 Å². The van der Waals surface area contributed by atoms with Crippen LogP contribution in [0.25, 0.3) is 0 Å². The Morgan fingerprint density at radius 3 is 2.63 bits per heavy atom. The molecule has 142 valence electrons. The highest BCUT2D eigenvalue weighted by molar-refractivity contribution is 5.93. The third-order valence-corrected chi connectivity index (χ3v) is 4.23. The number of ether oxygens (including phenoxy) is 1. The molecule has 8 heteroatoms. The summed E-state index contributed by atoms with van der Waals surface area (Å²) >= 11 is 0. The molecular formula is C19H20FN3O4. The number of pyridine rings is 1. The van der Waals surface area contributed by atoms with Crippen molar-refractivity contribution >= 4 is 11.8 Å². The standard InChI is InChI=1S/C19H20FN3O4/c1-13(11-21-17(24)14-3-2-10-23(26)12-14)22-18(25)19(8-9-19)27-16-6-4-15(20)5-7-16/h2-7,10,12-13H,8-9,11H2,1H3,(H,21,24)(H,22,25)/t13-/m0/s1. The average molecular weight is 373 g/mol. The molecule has 27 heavy (non-hydrogen) atoms. The van der Waals surface area contributed by atoms with Crippen molar-refractivity contribution in [1.82, 2.24) is 10.6 Å². The summed E-state index contributed by atoms with van der Waals surface area (Å²) in [6.07, 6.45) is 3.61. The number of rotatable bonds is 7. The number of amides is 2. The summed E-state index contributed by atoms with van der Waals surface area (Å²) in [5, 5.41) is 16.7. The summed E-state index contributed by atoms with van der Waals surface area (Å²) in [5.74, 6) is -0.613. The van der Waals surface area contributed by atoms with Crippen LogP contribution in [-0.2, 0) is 4.79 Å². The van der Waals surface area contributed by atoms with Gasteiger partial charge < -0.3 is 20.6 Å². The van der Waals surface area contributed by atoms with Gasteiger partial charge in [0.05, 0.1) is 0 Å². The van der Waals surface area contributed by atoms with Crippen molar-refractivity contribution in [3.05, 3.63) is 65.4 Å². The first kappa shape index (κ1) is 18.6. The lowest BCUT2D eigenvalue weighted by Crippen LogP contribution is -2.48. The van der Waals surface area contributed by atoms with Gasteiger partial charge in [-0.3, -0.25) is 9.59 Å². The molecule has 1 aromatic carbocycles. The summed E-state index contributed by atoms with van der Waals surface area (Å²) in [6.45, 7) is 1.95. The van der Waals surface area contributed by atoms with E-state index in [2.05, 4.69) is 10.6 Å². The maximum absolute atomic E-state index is 13.0. The lowest BCUT2D eigenvalue weighted by atomic mass is 10.2. The number of halogens is 1. The highest BCUT2D eigenvalue weighted by Gasteiger charge is 2.53. The summed E-state index contributed by atoms with van der Waals surface area (Å²) in [4.78, 5) is 24.5. The molecule has 0 unspecified atom stereocenters. The number of carbonyl (C=O) groups excluding carboxylic acids is 2. The Morgan fingerprint density at radius 2 is 2.00 bits per heavy atom. The monoisotopic (exact) mass is 373 g/mol. The van der Waals surface area contributed by atoms with Crippen LogP contribution < -0.4 is 20.1 Å². The zero-order valence-electron chi connectivity index (χ0n) is 14.8. The van der Waals surface area contributed by atoms with E-state index >= 15 is 0 Å². The van der Waals surface area contributed by atoms with Crippen LogP contribution in [0, 0.1) is 11.0 Å². The van der Waals surface area contributed by atoms with Gasteiger partial charge in [-0.05, 0) is 37.3 Å². The molecule has 1 aliphatic rings. The number of benzene rings is 1. The van der Waals surface area contributed by atoms with Gasteiger partial charge >= 0.3 is 0 Å². The van der Waals surface area contributed by atoms with Gasteiger partial charge in [0, 0.05) is 31.5 Å². The van der Waals surface area contributed by atoms with Gasteiger partial charge in [0.1, 0.15) is 17.1 Å². The lowest BCUT2D eigenvalue weighted by molar-refractivity contribution is -0.605. The smallest absolute Gasteiger partial charge is 0.264 e. The topological polar surface area (TPSA) is 94.4 Å². The van der Waals surface area contributed by atoms with E-state index in [0.29, 0.717) is 23.3 Å². The van der Waals surface area contributed by atoms with Gasteiger partial charge in [-0.15, -0.1) is 0 Å². The third-order valence-electron chi connectivity index (χ3n) is 4.23. The summed E-state index contributed by atoms with van der Waals surface area (Å²) < 4.78 is 19.3. The Balaban J connectivity index is 1.50. The fourth-order valence-corrected chi connectivity index (χ4v) is 2.56. The van der Waals surface area contributed by atoms with Crippen molar-refractivity contribution in [1.29, 1.82) is 0 Å². The van der Waals surface area contributed by atoms with E-state index in [4.69, 9.17) is 4.74 Å². The number of aromatic nitrogens is 1. The van der Waals surface area contributed by atoms with Crippen LogP contribution in [0.5, 0.6) is 5.75 Å². The normalized spacial score (nSPS) is 15.5. The first-order chi connectivity index (χ1) is 12.9. The molecule has 2 amide bonds. The lowest BCUT2D eigenvalue weighted by Gasteiger charge is -2.21. The molecule has 1 saturated carbocycles. The summed E-state index contributed by atoms with van der Waals surface area (Å²) in [6, 6.07) is 8.19. The minimum atomic E-state index is -0.941. The van der Waals surface area contributed by atoms with Crippen molar-refractivity contribution in [2.24, 2.45) is 0 Å². The molecule has 3 rings (SSSR count). The molecule has 1 fully saturated rings. The highest BCUT2D eigenvalue weighted by atomic mass is 19.1. The molecule has 7 nitrogen and oxygen atoms in total. The fraction of sp³-hybridized carbons (Fsp3) is 0.316. The molecule has 0 saturated heterocycles. The van der Waals surface area contributed by atoms with Gasteiger partial charge in [0.2, 0.25) is 0 Å². The maximum atomic E-state index is 13.0. The molecule has 2 N–H and O–H groups in total. The summed E-state index contributed by atoms with van der Waals surface area (Å²) in [5.41, 5.74) is -0.701. The molecule has 0 bridgehead atoms. The maximum Gasteiger partial charge on any atom is 0.264 e. The Bertz CT molecular complexity index is 837. The van der Waals surface area contributed by atoms with E-state index in [1.54, 1.807) is 6.92 Å². The van der Waals surface area contributed by atoms with Gasteiger partial charge in [-0.1, -0.05) is 0 Å². The van der Waals surface area contributed by atoms with Crippen molar-refractivity contribution in [3.63, 3.8) is 0 Å². The van der Waals surface area contributed by atoms with Gasteiger partial charge in [-0.2, -0.15) is 4.73 Å². The van der Waals surface area contributed by atoms with Crippen molar-refractivity contribution < 1.29 is 23.4 Å². The zero-order valence-corrected chi connectivity index (χ0v) is 14.8. The number of hydrogen-bond donors (Lipinski definition) is 2.